The van der Waals surface area contributed by atoms with E-state index in [4.69, 9.17) is 0 Å². The maximum Gasteiger partial charge on any atom is 0.139 e. The van der Waals surface area contributed by atoms with Gasteiger partial charge in [-0.15, -0.1) is 0 Å². The molecule has 0 atom stereocenters. The standard InChI is InChI=1S/C13H6N2/c1-2-6-10(7-3-1)13-14-11-8-4-5-9-12(11)15-13/h4-6,8-9H,(H,14,15). The lowest BCUT2D eigenvalue weighted by molar-refractivity contribution is 1.33. The van der Waals surface area contributed by atoms with Gasteiger partial charge in [0.2, 0.25) is 0 Å². The third-order valence-electron chi connectivity index (χ3n) is 2.19. The molecule has 0 fully saturated rings. The lowest BCUT2D eigenvalue weighted by Crippen LogP contribution is -1.79. The highest BCUT2D eigenvalue weighted by molar-refractivity contribution is 5.78. The third-order valence-corrected chi connectivity index (χ3v) is 2.19. The molecule has 3 aromatic rings. The van der Waals surface area contributed by atoms with Gasteiger partial charge in [0.1, 0.15) is 5.82 Å². The largest absolute Gasteiger partial charge is 0.338 e. The first-order valence-corrected chi connectivity index (χ1v) is 4.60. The summed E-state index contributed by atoms with van der Waals surface area (Å²) in [5, 5.41) is 0. The van der Waals surface area contributed by atoms with Crippen molar-refractivity contribution in [3.63, 3.8) is 0 Å². The van der Waals surface area contributed by atoms with Crippen LogP contribution < -0.4 is 0 Å². The normalized spacial score (nSPS) is 10.7. The Morgan fingerprint density at radius 1 is 1.13 bits per heavy atom. The molecule has 1 aromatic heterocycles. The molecule has 2 heteroatoms. The van der Waals surface area contributed by atoms with E-state index < -0.39 is 0 Å². The smallest absolute Gasteiger partial charge is 0.139 e. The average Bonchev–Trinajstić information content (AvgIpc) is 2.74. The quantitative estimate of drug-likeness (QED) is 0.627. The van der Waals surface area contributed by atoms with E-state index in [0.717, 1.165) is 22.4 Å². The van der Waals surface area contributed by atoms with Crippen LogP contribution in [-0.4, -0.2) is 9.97 Å². The summed E-state index contributed by atoms with van der Waals surface area (Å²) in [5.41, 5.74) is 2.83. The van der Waals surface area contributed by atoms with Crippen LogP contribution >= 0.6 is 0 Å². The Morgan fingerprint density at radius 3 is 2.87 bits per heavy atom. The number of fused-ring (bicyclic) bond motifs is 1. The van der Waals surface area contributed by atoms with Gasteiger partial charge in [-0.3, -0.25) is 0 Å². The van der Waals surface area contributed by atoms with E-state index in [1.807, 2.05) is 24.3 Å². The molecular weight excluding hydrogens is 184 g/mol. The summed E-state index contributed by atoms with van der Waals surface area (Å²) >= 11 is 0. The second-order valence-corrected chi connectivity index (χ2v) is 3.18. The molecule has 3 rings (SSSR count). The van der Waals surface area contributed by atoms with Gasteiger partial charge < -0.3 is 4.98 Å². The summed E-state index contributed by atoms with van der Waals surface area (Å²) in [7, 11) is 0. The number of nitrogens with one attached hydrogen (secondary N) is 1. The molecule has 68 valence electrons. The Bertz CT molecular complexity index is 549. The molecule has 0 aliphatic rings. The van der Waals surface area contributed by atoms with Crippen molar-refractivity contribution in [3.05, 3.63) is 54.6 Å². The van der Waals surface area contributed by atoms with Gasteiger partial charge in [-0.1, -0.05) is 12.1 Å². The number of hydrogen-bond donors (Lipinski definition) is 1. The van der Waals surface area contributed by atoms with Crippen molar-refractivity contribution in [2.75, 3.05) is 0 Å². The fourth-order valence-corrected chi connectivity index (χ4v) is 1.49. The van der Waals surface area contributed by atoms with E-state index in [1.54, 1.807) is 6.07 Å². The first-order chi connectivity index (χ1) is 7.43. The van der Waals surface area contributed by atoms with Crippen molar-refractivity contribution < 1.29 is 0 Å². The van der Waals surface area contributed by atoms with Gasteiger partial charge in [-0.25, -0.2) is 4.98 Å². The Morgan fingerprint density at radius 2 is 2.07 bits per heavy atom. The van der Waals surface area contributed by atoms with E-state index in [0.29, 0.717) is 0 Å². The van der Waals surface area contributed by atoms with Crippen molar-refractivity contribution >= 4 is 11.0 Å². The Balaban J connectivity index is 2.21. The van der Waals surface area contributed by atoms with Crippen molar-refractivity contribution in [2.45, 2.75) is 0 Å². The van der Waals surface area contributed by atoms with Crippen molar-refractivity contribution in [1.29, 1.82) is 0 Å². The summed E-state index contributed by atoms with van der Waals surface area (Å²) in [6, 6.07) is 20.9. The van der Waals surface area contributed by atoms with Crippen LogP contribution in [0.25, 0.3) is 22.4 Å². The number of nitrogens with zero attached hydrogens (tertiary/aromatic N) is 1. The Kier molecular flexibility index (Phi) is 1.78. The number of aromatic nitrogens is 2. The fourth-order valence-electron chi connectivity index (χ4n) is 1.49. The van der Waals surface area contributed by atoms with Crippen molar-refractivity contribution in [1.82, 2.24) is 9.97 Å². The van der Waals surface area contributed by atoms with Gasteiger partial charge in [0.25, 0.3) is 0 Å². The summed E-state index contributed by atoms with van der Waals surface area (Å²) in [5.74, 6) is 0.790. The topological polar surface area (TPSA) is 28.7 Å². The zero-order chi connectivity index (χ0) is 10.1. The minimum absolute atomic E-state index is 0.790. The fraction of sp³-hybridized carbons (Fsp3) is 0. The summed E-state index contributed by atoms with van der Waals surface area (Å²) < 4.78 is 0. The average molecular weight is 190 g/mol. The van der Waals surface area contributed by atoms with E-state index >= 15 is 0 Å². The van der Waals surface area contributed by atoms with Crippen molar-refractivity contribution in [2.24, 2.45) is 0 Å². The molecule has 0 saturated heterocycles. The molecule has 0 aliphatic heterocycles. The van der Waals surface area contributed by atoms with Gasteiger partial charge in [0, 0.05) is 17.7 Å². The number of H-pyrrole nitrogens is 1. The first-order valence-electron chi connectivity index (χ1n) is 4.60. The van der Waals surface area contributed by atoms with Crippen LogP contribution in [-0.2, 0) is 0 Å². The molecule has 15 heavy (non-hydrogen) atoms. The lowest BCUT2D eigenvalue weighted by Gasteiger charge is -1.91. The molecule has 0 aliphatic carbocycles. The minimum Gasteiger partial charge on any atom is -0.338 e. The molecule has 0 unspecified atom stereocenters. The maximum atomic E-state index is 4.44. The molecule has 0 spiro atoms. The van der Waals surface area contributed by atoms with Gasteiger partial charge in [-0.05, 0) is 30.3 Å². The molecule has 0 bridgehead atoms. The van der Waals surface area contributed by atoms with Crippen LogP contribution in [0.1, 0.15) is 0 Å². The molecular formula is C13H6N2. The van der Waals surface area contributed by atoms with Crippen LogP contribution in [0.3, 0.4) is 0 Å². The van der Waals surface area contributed by atoms with Crippen LogP contribution in [0.2, 0.25) is 0 Å². The maximum absolute atomic E-state index is 4.44. The number of rotatable bonds is 1. The second-order valence-electron chi connectivity index (χ2n) is 3.18. The van der Waals surface area contributed by atoms with Gasteiger partial charge in [0.15, 0.2) is 0 Å². The summed E-state index contributed by atoms with van der Waals surface area (Å²) in [6.45, 7) is 0. The highest BCUT2D eigenvalue weighted by Gasteiger charge is 2.03. The lowest BCUT2D eigenvalue weighted by atomic mass is 10.2. The number of para-hydroxylation sites is 2. The predicted octanol–water partition coefficient (Wildman–Crippen LogP) is 2.43. The molecule has 1 heterocycles. The summed E-state index contributed by atoms with van der Waals surface area (Å²) in [4.78, 5) is 7.66. The molecule has 4 radical (unpaired) electrons. The van der Waals surface area contributed by atoms with Gasteiger partial charge in [0.05, 0.1) is 11.0 Å². The van der Waals surface area contributed by atoms with Gasteiger partial charge >= 0.3 is 0 Å². The molecule has 0 amide bonds. The van der Waals surface area contributed by atoms with E-state index in [1.165, 1.54) is 0 Å². The van der Waals surface area contributed by atoms with E-state index in [2.05, 4.69) is 34.2 Å². The zero-order valence-electron chi connectivity index (χ0n) is 7.83. The molecule has 1 N–H and O–H groups in total. The number of imidazole rings is 1. The molecule has 0 saturated carbocycles. The first kappa shape index (κ1) is 8.24. The van der Waals surface area contributed by atoms with Crippen LogP contribution in [0, 0.1) is 24.3 Å². The van der Waals surface area contributed by atoms with Crippen LogP contribution in [0.4, 0.5) is 0 Å². The monoisotopic (exact) mass is 190 g/mol. The van der Waals surface area contributed by atoms with E-state index in [-0.39, 0.29) is 0 Å². The SMILES string of the molecule is [c]1[c][c]c(-c2nc3ccccc3[nH]2)c[c]1. The second kappa shape index (κ2) is 3.24. The highest BCUT2D eigenvalue weighted by Crippen LogP contribution is 2.18. The number of aromatic amines is 1. The number of benzene rings is 2. The number of hydrogen-bond acceptors (Lipinski definition) is 1. The van der Waals surface area contributed by atoms with Gasteiger partial charge in [-0.2, -0.15) is 0 Å². The Labute approximate surface area is 87.6 Å². The molecule has 2 aromatic carbocycles. The zero-order valence-corrected chi connectivity index (χ0v) is 7.83. The highest BCUT2D eigenvalue weighted by atomic mass is 14.9. The van der Waals surface area contributed by atoms with Crippen LogP contribution in [0.5, 0.6) is 0 Å². The van der Waals surface area contributed by atoms with E-state index in [9.17, 15) is 0 Å². The minimum atomic E-state index is 0.790. The Hall–Kier alpha value is -2.09. The third kappa shape index (κ3) is 1.40. The molecule has 2 nitrogen and oxygen atoms in total. The summed E-state index contributed by atoms with van der Waals surface area (Å²) in [6.07, 6.45) is 0. The van der Waals surface area contributed by atoms with Crippen LogP contribution in [0.15, 0.2) is 30.3 Å². The van der Waals surface area contributed by atoms with Crippen molar-refractivity contribution in [3.8, 4) is 11.4 Å². The predicted molar refractivity (Wildman–Crippen MR) is 56.9 cm³/mol.